The van der Waals surface area contributed by atoms with Gasteiger partial charge in [-0.3, -0.25) is 9.59 Å². The summed E-state index contributed by atoms with van der Waals surface area (Å²) in [5.41, 5.74) is 2.32. The molecule has 0 bridgehead atoms. The lowest BCUT2D eigenvalue weighted by Crippen LogP contribution is -2.49. The normalized spacial score (nSPS) is 14.5. The molecule has 1 saturated heterocycles. The molecule has 26 heavy (non-hydrogen) atoms. The summed E-state index contributed by atoms with van der Waals surface area (Å²) in [6.45, 7) is 5.42. The van der Waals surface area contributed by atoms with Crippen LogP contribution in [0, 0.1) is 12.7 Å². The average Bonchev–Trinajstić information content (AvgIpc) is 2.63. The molecule has 3 rings (SSSR count). The number of hydrogen-bond donors (Lipinski definition) is 0. The minimum atomic E-state index is -0.395. The molecule has 0 saturated carbocycles. The highest BCUT2D eigenvalue weighted by Crippen LogP contribution is 2.25. The maximum Gasteiger partial charge on any atom is 0.253 e. The summed E-state index contributed by atoms with van der Waals surface area (Å²) >= 11 is 3.36. The van der Waals surface area contributed by atoms with E-state index in [1.54, 1.807) is 23.1 Å². The van der Waals surface area contributed by atoms with E-state index in [9.17, 15) is 14.0 Å². The van der Waals surface area contributed by atoms with Gasteiger partial charge in [0.1, 0.15) is 5.82 Å². The predicted molar refractivity (Wildman–Crippen MR) is 103 cm³/mol. The molecule has 1 aliphatic rings. The zero-order chi connectivity index (χ0) is 18.8. The topological polar surface area (TPSA) is 40.6 Å². The Morgan fingerprint density at radius 1 is 1.04 bits per heavy atom. The SMILES string of the molecule is CC(=O)c1cc(F)c(N2CCN(C(=O)c3ccc(Br)cc3)CC2)cc1C. The van der Waals surface area contributed by atoms with Crippen molar-refractivity contribution in [1.29, 1.82) is 0 Å². The molecule has 0 aromatic heterocycles. The van der Waals surface area contributed by atoms with Crippen LogP contribution in [0.25, 0.3) is 0 Å². The molecule has 0 aliphatic carbocycles. The Bertz CT molecular complexity index is 844. The summed E-state index contributed by atoms with van der Waals surface area (Å²) in [7, 11) is 0. The van der Waals surface area contributed by atoms with Crippen molar-refractivity contribution >= 4 is 33.3 Å². The maximum absolute atomic E-state index is 14.5. The number of carbonyl (C=O) groups is 2. The lowest BCUT2D eigenvalue weighted by atomic mass is 10.0. The summed E-state index contributed by atoms with van der Waals surface area (Å²) in [4.78, 5) is 27.8. The molecule has 0 unspecified atom stereocenters. The van der Waals surface area contributed by atoms with Crippen LogP contribution < -0.4 is 4.90 Å². The molecule has 0 N–H and O–H groups in total. The molecular weight excluding hydrogens is 399 g/mol. The van der Waals surface area contributed by atoms with E-state index in [0.29, 0.717) is 43.0 Å². The summed E-state index contributed by atoms with van der Waals surface area (Å²) in [6.07, 6.45) is 0. The number of piperazine rings is 1. The minimum absolute atomic E-state index is 0.0132. The van der Waals surface area contributed by atoms with Crippen molar-refractivity contribution < 1.29 is 14.0 Å². The molecule has 2 aromatic rings. The van der Waals surface area contributed by atoms with Crippen LogP contribution in [0.3, 0.4) is 0 Å². The largest absolute Gasteiger partial charge is 0.366 e. The van der Waals surface area contributed by atoms with Gasteiger partial charge in [-0.25, -0.2) is 4.39 Å². The molecule has 1 heterocycles. The van der Waals surface area contributed by atoms with Crippen LogP contribution >= 0.6 is 15.9 Å². The zero-order valence-corrected chi connectivity index (χ0v) is 16.3. The first-order valence-electron chi connectivity index (χ1n) is 8.47. The average molecular weight is 419 g/mol. The minimum Gasteiger partial charge on any atom is -0.366 e. The van der Waals surface area contributed by atoms with Crippen LogP contribution in [0.5, 0.6) is 0 Å². The van der Waals surface area contributed by atoms with Gasteiger partial charge in [0.25, 0.3) is 5.91 Å². The van der Waals surface area contributed by atoms with Crippen LogP contribution in [-0.4, -0.2) is 42.8 Å². The molecule has 4 nitrogen and oxygen atoms in total. The first-order valence-corrected chi connectivity index (χ1v) is 9.27. The summed E-state index contributed by atoms with van der Waals surface area (Å²) in [6, 6.07) is 10.3. The lowest BCUT2D eigenvalue weighted by Gasteiger charge is -2.36. The summed E-state index contributed by atoms with van der Waals surface area (Å²) in [5, 5.41) is 0. The van der Waals surface area contributed by atoms with E-state index in [-0.39, 0.29) is 11.7 Å². The molecule has 1 amide bonds. The van der Waals surface area contributed by atoms with Crippen molar-refractivity contribution in [2.75, 3.05) is 31.1 Å². The third-order valence-electron chi connectivity index (χ3n) is 4.67. The van der Waals surface area contributed by atoms with Crippen LogP contribution in [-0.2, 0) is 0 Å². The first kappa shape index (κ1) is 18.6. The van der Waals surface area contributed by atoms with Gasteiger partial charge in [-0.05, 0) is 55.8 Å². The van der Waals surface area contributed by atoms with E-state index in [1.807, 2.05) is 24.0 Å². The second kappa shape index (κ2) is 7.58. The van der Waals surface area contributed by atoms with Crippen LogP contribution in [0.1, 0.15) is 33.2 Å². The number of ketones is 1. The number of aryl methyl sites for hydroxylation is 1. The number of hydrogen-bond acceptors (Lipinski definition) is 3. The number of benzene rings is 2. The second-order valence-electron chi connectivity index (χ2n) is 6.46. The van der Waals surface area contributed by atoms with E-state index in [1.165, 1.54) is 13.0 Å². The van der Waals surface area contributed by atoms with Gasteiger partial charge in [0, 0.05) is 41.8 Å². The van der Waals surface area contributed by atoms with Gasteiger partial charge < -0.3 is 9.80 Å². The molecule has 136 valence electrons. The Morgan fingerprint density at radius 2 is 1.65 bits per heavy atom. The molecule has 6 heteroatoms. The number of halogens is 2. The Kier molecular flexibility index (Phi) is 5.41. The molecule has 1 aliphatic heterocycles. The Labute approximate surface area is 160 Å². The van der Waals surface area contributed by atoms with Gasteiger partial charge in [-0.15, -0.1) is 0 Å². The standard InChI is InChI=1S/C20H20BrFN2O2/c1-13-11-19(18(22)12-17(13)14(2)25)23-7-9-24(10-8-23)20(26)15-3-5-16(21)6-4-15/h3-6,11-12H,7-10H2,1-2H3. The number of Topliss-reactive ketones (excluding diaryl/α,β-unsaturated/α-hetero) is 1. The number of carbonyl (C=O) groups excluding carboxylic acids is 2. The number of anilines is 1. The van der Waals surface area contributed by atoms with Gasteiger partial charge in [-0.1, -0.05) is 15.9 Å². The smallest absolute Gasteiger partial charge is 0.253 e. The van der Waals surface area contributed by atoms with Gasteiger partial charge >= 0.3 is 0 Å². The van der Waals surface area contributed by atoms with Crippen LogP contribution in [0.15, 0.2) is 40.9 Å². The monoisotopic (exact) mass is 418 g/mol. The molecule has 0 atom stereocenters. The van der Waals surface area contributed by atoms with Crippen molar-refractivity contribution in [1.82, 2.24) is 4.90 Å². The molecule has 0 radical (unpaired) electrons. The quantitative estimate of drug-likeness (QED) is 0.705. The van der Waals surface area contributed by atoms with E-state index in [0.717, 1.165) is 10.0 Å². The predicted octanol–water partition coefficient (Wildman–Crippen LogP) is 4.06. The van der Waals surface area contributed by atoms with Gasteiger partial charge in [0.05, 0.1) is 5.69 Å². The van der Waals surface area contributed by atoms with Crippen molar-refractivity contribution in [2.24, 2.45) is 0 Å². The van der Waals surface area contributed by atoms with Crippen molar-refractivity contribution in [3.8, 4) is 0 Å². The molecule has 2 aromatic carbocycles. The Morgan fingerprint density at radius 3 is 2.23 bits per heavy atom. The van der Waals surface area contributed by atoms with Crippen LogP contribution in [0.4, 0.5) is 10.1 Å². The van der Waals surface area contributed by atoms with Crippen molar-refractivity contribution in [3.63, 3.8) is 0 Å². The van der Waals surface area contributed by atoms with E-state index in [4.69, 9.17) is 0 Å². The highest BCUT2D eigenvalue weighted by atomic mass is 79.9. The highest BCUT2D eigenvalue weighted by molar-refractivity contribution is 9.10. The number of amides is 1. The third kappa shape index (κ3) is 3.80. The lowest BCUT2D eigenvalue weighted by molar-refractivity contribution is 0.0746. The second-order valence-corrected chi connectivity index (χ2v) is 7.38. The fourth-order valence-electron chi connectivity index (χ4n) is 3.21. The third-order valence-corrected chi connectivity index (χ3v) is 5.20. The van der Waals surface area contributed by atoms with E-state index >= 15 is 0 Å². The Balaban J connectivity index is 1.70. The number of nitrogens with zero attached hydrogens (tertiary/aromatic N) is 2. The fourth-order valence-corrected chi connectivity index (χ4v) is 3.48. The Hall–Kier alpha value is -2.21. The zero-order valence-electron chi connectivity index (χ0n) is 14.8. The van der Waals surface area contributed by atoms with Gasteiger partial charge in [0.2, 0.25) is 0 Å². The van der Waals surface area contributed by atoms with Gasteiger partial charge in [-0.2, -0.15) is 0 Å². The van der Waals surface area contributed by atoms with Crippen molar-refractivity contribution in [2.45, 2.75) is 13.8 Å². The molecule has 1 fully saturated rings. The van der Waals surface area contributed by atoms with Gasteiger partial charge in [0.15, 0.2) is 5.78 Å². The van der Waals surface area contributed by atoms with Crippen LogP contribution in [0.2, 0.25) is 0 Å². The molecular formula is C20H20BrFN2O2. The fraction of sp³-hybridized carbons (Fsp3) is 0.300. The van der Waals surface area contributed by atoms with E-state index < -0.39 is 5.82 Å². The van der Waals surface area contributed by atoms with Crippen molar-refractivity contribution in [3.05, 3.63) is 63.4 Å². The summed E-state index contributed by atoms with van der Waals surface area (Å²) < 4.78 is 15.4. The highest BCUT2D eigenvalue weighted by Gasteiger charge is 2.24. The first-order chi connectivity index (χ1) is 12.4. The molecule has 0 spiro atoms. The number of rotatable bonds is 3. The van der Waals surface area contributed by atoms with E-state index in [2.05, 4.69) is 15.9 Å². The maximum atomic E-state index is 14.5. The summed E-state index contributed by atoms with van der Waals surface area (Å²) in [5.74, 6) is -0.549.